The maximum Gasteiger partial charge on any atom is 0.311 e. The molecule has 0 aliphatic heterocycles. The summed E-state index contributed by atoms with van der Waals surface area (Å²) in [6.45, 7) is 4.11. The minimum absolute atomic E-state index is 0.0489. The van der Waals surface area contributed by atoms with Crippen LogP contribution in [0.2, 0.25) is 0 Å². The van der Waals surface area contributed by atoms with Crippen LogP contribution in [0.15, 0.2) is 24.3 Å². The van der Waals surface area contributed by atoms with E-state index in [0.717, 1.165) is 6.42 Å². The molecule has 2 atom stereocenters. The van der Waals surface area contributed by atoms with Crippen molar-refractivity contribution in [3.05, 3.63) is 35.4 Å². The number of hydrogen-bond donors (Lipinski definition) is 2. The van der Waals surface area contributed by atoms with Crippen LogP contribution in [-0.4, -0.2) is 17.6 Å². The molecule has 98 valence electrons. The molecule has 0 fully saturated rings. The third-order valence-corrected chi connectivity index (χ3v) is 4.47. The summed E-state index contributed by atoms with van der Waals surface area (Å²) in [4.78, 5) is 11.6. The Bertz CT molecular complexity index is 456. The lowest BCUT2D eigenvalue weighted by Gasteiger charge is -2.39. The largest absolute Gasteiger partial charge is 0.481 e. The summed E-state index contributed by atoms with van der Waals surface area (Å²) in [6.07, 6.45) is 1.63. The van der Waals surface area contributed by atoms with Crippen LogP contribution in [0.1, 0.15) is 37.3 Å². The Hall–Kier alpha value is -1.35. The molecule has 0 radical (unpaired) electrons. The maximum atomic E-state index is 11.6. The number of fused-ring (bicyclic) bond motifs is 1. The van der Waals surface area contributed by atoms with Crippen LogP contribution in [0.5, 0.6) is 0 Å². The molecular formula is C15H21NO2. The highest BCUT2D eigenvalue weighted by atomic mass is 16.4. The van der Waals surface area contributed by atoms with Crippen LogP contribution in [0.25, 0.3) is 0 Å². The topological polar surface area (TPSA) is 63.3 Å². The van der Waals surface area contributed by atoms with E-state index >= 15 is 0 Å². The van der Waals surface area contributed by atoms with E-state index in [1.54, 1.807) is 0 Å². The van der Waals surface area contributed by atoms with Gasteiger partial charge in [-0.1, -0.05) is 38.1 Å². The third kappa shape index (κ3) is 1.93. The van der Waals surface area contributed by atoms with Gasteiger partial charge in [-0.3, -0.25) is 4.79 Å². The van der Waals surface area contributed by atoms with E-state index in [1.807, 2.05) is 26.0 Å². The standard InChI is InChI=1S/C15H21NO2/c1-10(2)15(9-16,14(17)18)8-12-7-11-5-3-4-6-13(11)12/h3-6,10,12H,7-9,16H2,1-2H3,(H,17,18). The average Bonchev–Trinajstić information content (AvgIpc) is 2.30. The minimum Gasteiger partial charge on any atom is -0.481 e. The maximum absolute atomic E-state index is 11.6. The van der Waals surface area contributed by atoms with Crippen molar-refractivity contribution in [3.63, 3.8) is 0 Å². The summed E-state index contributed by atoms with van der Waals surface area (Å²) >= 11 is 0. The van der Waals surface area contributed by atoms with Gasteiger partial charge in [-0.15, -0.1) is 0 Å². The molecule has 1 aromatic carbocycles. The average molecular weight is 247 g/mol. The van der Waals surface area contributed by atoms with Gasteiger partial charge in [0.05, 0.1) is 5.41 Å². The van der Waals surface area contributed by atoms with Gasteiger partial charge in [0.25, 0.3) is 0 Å². The van der Waals surface area contributed by atoms with Crippen molar-refractivity contribution in [1.82, 2.24) is 0 Å². The van der Waals surface area contributed by atoms with Gasteiger partial charge in [0.15, 0.2) is 0 Å². The summed E-state index contributed by atoms with van der Waals surface area (Å²) in [6, 6.07) is 8.27. The predicted octanol–water partition coefficient (Wildman–Crippen LogP) is 2.40. The molecule has 3 N–H and O–H groups in total. The molecule has 0 amide bonds. The Morgan fingerprint density at radius 1 is 1.50 bits per heavy atom. The molecule has 3 heteroatoms. The molecule has 3 nitrogen and oxygen atoms in total. The lowest BCUT2D eigenvalue weighted by atomic mass is 9.64. The zero-order valence-corrected chi connectivity index (χ0v) is 11.0. The predicted molar refractivity (Wildman–Crippen MR) is 71.5 cm³/mol. The van der Waals surface area contributed by atoms with Crippen molar-refractivity contribution in [2.45, 2.75) is 32.6 Å². The smallest absolute Gasteiger partial charge is 0.311 e. The molecule has 1 aliphatic rings. The third-order valence-electron chi connectivity index (χ3n) is 4.47. The first-order valence-corrected chi connectivity index (χ1v) is 6.52. The van der Waals surface area contributed by atoms with Gasteiger partial charge in [0.1, 0.15) is 0 Å². The van der Waals surface area contributed by atoms with Crippen molar-refractivity contribution in [2.24, 2.45) is 17.1 Å². The van der Waals surface area contributed by atoms with Gasteiger partial charge in [0.2, 0.25) is 0 Å². The number of nitrogens with two attached hydrogens (primary N) is 1. The number of benzene rings is 1. The molecule has 0 spiro atoms. The quantitative estimate of drug-likeness (QED) is 0.839. The number of carboxylic acid groups (broad SMARTS) is 1. The summed E-state index contributed by atoms with van der Waals surface area (Å²) in [5, 5.41) is 9.53. The first-order valence-electron chi connectivity index (χ1n) is 6.52. The minimum atomic E-state index is -0.793. The van der Waals surface area contributed by atoms with E-state index < -0.39 is 11.4 Å². The second kappa shape index (κ2) is 4.73. The van der Waals surface area contributed by atoms with Crippen LogP contribution < -0.4 is 5.73 Å². The van der Waals surface area contributed by atoms with E-state index in [-0.39, 0.29) is 12.5 Å². The zero-order valence-electron chi connectivity index (χ0n) is 11.0. The van der Waals surface area contributed by atoms with E-state index in [0.29, 0.717) is 12.3 Å². The van der Waals surface area contributed by atoms with Gasteiger partial charge in [-0.2, -0.15) is 0 Å². The molecule has 0 aromatic heterocycles. The number of carboxylic acids is 1. The Morgan fingerprint density at radius 3 is 2.67 bits per heavy atom. The van der Waals surface area contributed by atoms with Gasteiger partial charge in [-0.05, 0) is 35.8 Å². The Kier molecular flexibility index (Phi) is 3.44. The fourth-order valence-electron chi connectivity index (χ4n) is 2.96. The van der Waals surface area contributed by atoms with Crippen molar-refractivity contribution in [2.75, 3.05) is 6.54 Å². The van der Waals surface area contributed by atoms with E-state index in [1.165, 1.54) is 11.1 Å². The van der Waals surface area contributed by atoms with Crippen LogP contribution in [0.4, 0.5) is 0 Å². The highest BCUT2D eigenvalue weighted by molar-refractivity contribution is 5.75. The molecule has 0 bridgehead atoms. The van der Waals surface area contributed by atoms with E-state index in [9.17, 15) is 9.90 Å². The lowest BCUT2D eigenvalue weighted by Crippen LogP contribution is -2.45. The number of carbonyl (C=O) groups is 1. The fourth-order valence-corrected chi connectivity index (χ4v) is 2.96. The molecule has 1 aromatic rings. The molecular weight excluding hydrogens is 226 g/mol. The van der Waals surface area contributed by atoms with Crippen molar-refractivity contribution >= 4 is 5.97 Å². The Balaban J connectivity index is 2.20. The van der Waals surface area contributed by atoms with Crippen molar-refractivity contribution in [3.8, 4) is 0 Å². The molecule has 2 unspecified atom stereocenters. The Labute approximate surface area is 108 Å². The molecule has 0 saturated heterocycles. The molecule has 0 heterocycles. The highest BCUT2D eigenvalue weighted by Crippen LogP contribution is 2.45. The first kappa shape index (κ1) is 13.1. The monoisotopic (exact) mass is 247 g/mol. The zero-order chi connectivity index (χ0) is 13.3. The number of aliphatic carboxylic acids is 1. The van der Waals surface area contributed by atoms with Crippen molar-refractivity contribution in [1.29, 1.82) is 0 Å². The lowest BCUT2D eigenvalue weighted by molar-refractivity contribution is -0.152. The normalized spacial score (nSPS) is 21.0. The number of rotatable bonds is 5. The van der Waals surface area contributed by atoms with Gasteiger partial charge in [0, 0.05) is 6.54 Å². The second-order valence-electron chi connectivity index (χ2n) is 5.62. The molecule has 1 aliphatic carbocycles. The van der Waals surface area contributed by atoms with E-state index in [2.05, 4.69) is 12.1 Å². The Morgan fingerprint density at radius 2 is 2.17 bits per heavy atom. The fraction of sp³-hybridized carbons (Fsp3) is 0.533. The van der Waals surface area contributed by atoms with Crippen LogP contribution >= 0.6 is 0 Å². The summed E-state index contributed by atoms with van der Waals surface area (Å²) < 4.78 is 0. The summed E-state index contributed by atoms with van der Waals surface area (Å²) in [7, 11) is 0. The van der Waals surface area contributed by atoms with Gasteiger partial charge >= 0.3 is 5.97 Å². The molecule has 2 rings (SSSR count). The summed E-state index contributed by atoms with van der Waals surface area (Å²) in [5.41, 5.74) is 7.63. The van der Waals surface area contributed by atoms with Crippen molar-refractivity contribution < 1.29 is 9.90 Å². The number of hydrogen-bond acceptors (Lipinski definition) is 2. The highest BCUT2D eigenvalue weighted by Gasteiger charge is 2.44. The van der Waals surface area contributed by atoms with Crippen LogP contribution in [0, 0.1) is 11.3 Å². The summed E-state index contributed by atoms with van der Waals surface area (Å²) in [5.74, 6) is -0.361. The van der Waals surface area contributed by atoms with Crippen LogP contribution in [-0.2, 0) is 11.2 Å². The van der Waals surface area contributed by atoms with Crippen LogP contribution in [0.3, 0.4) is 0 Å². The molecule has 0 saturated carbocycles. The molecule has 18 heavy (non-hydrogen) atoms. The van der Waals surface area contributed by atoms with Gasteiger partial charge < -0.3 is 10.8 Å². The van der Waals surface area contributed by atoms with Gasteiger partial charge in [-0.25, -0.2) is 0 Å². The first-order chi connectivity index (χ1) is 8.51. The van der Waals surface area contributed by atoms with E-state index in [4.69, 9.17) is 5.73 Å². The second-order valence-corrected chi connectivity index (χ2v) is 5.62. The SMILES string of the molecule is CC(C)C(CN)(CC1Cc2ccccc21)C(=O)O.